The van der Waals surface area contributed by atoms with Gasteiger partial charge in [-0.05, 0) is 48.9 Å². The van der Waals surface area contributed by atoms with E-state index in [9.17, 15) is 9.18 Å². The number of rotatable bonds is 2. The molecule has 1 unspecified atom stereocenters. The maximum atomic E-state index is 13.3. The maximum Gasteiger partial charge on any atom is 0.235 e. The van der Waals surface area contributed by atoms with Gasteiger partial charge in [-0.25, -0.2) is 9.07 Å². The van der Waals surface area contributed by atoms with E-state index in [2.05, 4.69) is 10.4 Å². The standard InChI is InChI=1S/C19H15ClFN3OS/c1-11-17-18(12-2-4-13(20)5-3-12)26-10-16(25)22-19(17)24(23-11)15-8-6-14(21)7-9-15/h2-9,18H,10H2,1H3,(H,22,25). The minimum atomic E-state index is -0.317. The molecule has 1 amide bonds. The highest BCUT2D eigenvalue weighted by molar-refractivity contribution is 8.00. The molecule has 0 spiro atoms. The first-order chi connectivity index (χ1) is 12.5. The molecule has 26 heavy (non-hydrogen) atoms. The van der Waals surface area contributed by atoms with Crippen molar-refractivity contribution in [2.45, 2.75) is 12.2 Å². The van der Waals surface area contributed by atoms with E-state index < -0.39 is 0 Å². The van der Waals surface area contributed by atoms with Gasteiger partial charge in [0.2, 0.25) is 5.91 Å². The van der Waals surface area contributed by atoms with Gasteiger partial charge in [-0.3, -0.25) is 4.79 Å². The molecule has 1 aromatic heterocycles. The molecule has 2 aromatic carbocycles. The van der Waals surface area contributed by atoms with E-state index >= 15 is 0 Å². The average Bonchev–Trinajstić information content (AvgIpc) is 2.83. The molecule has 1 atom stereocenters. The van der Waals surface area contributed by atoms with Crippen molar-refractivity contribution < 1.29 is 9.18 Å². The number of amides is 1. The molecule has 3 aromatic rings. The Bertz CT molecular complexity index is 970. The van der Waals surface area contributed by atoms with Crippen molar-refractivity contribution in [3.8, 4) is 5.69 Å². The lowest BCUT2D eigenvalue weighted by Gasteiger charge is -2.15. The van der Waals surface area contributed by atoms with Gasteiger partial charge in [0.1, 0.15) is 11.6 Å². The molecule has 2 heterocycles. The minimum absolute atomic E-state index is 0.0459. The van der Waals surface area contributed by atoms with Crippen molar-refractivity contribution in [1.82, 2.24) is 9.78 Å². The molecule has 0 bridgehead atoms. The second kappa shape index (κ2) is 6.78. The summed E-state index contributed by atoms with van der Waals surface area (Å²) in [6.07, 6.45) is 0. The monoisotopic (exact) mass is 387 g/mol. The SMILES string of the molecule is Cc1nn(-c2ccc(F)cc2)c2c1C(c1ccc(Cl)cc1)SCC(=O)N2. The highest BCUT2D eigenvalue weighted by Gasteiger charge is 2.30. The molecule has 4 rings (SSSR count). The molecular formula is C19H15ClFN3OS. The summed E-state index contributed by atoms with van der Waals surface area (Å²) in [6.45, 7) is 1.92. The number of thioether (sulfide) groups is 1. The summed E-state index contributed by atoms with van der Waals surface area (Å²) in [5, 5.41) is 8.18. The summed E-state index contributed by atoms with van der Waals surface area (Å²) in [7, 11) is 0. The van der Waals surface area contributed by atoms with Gasteiger partial charge >= 0.3 is 0 Å². The summed E-state index contributed by atoms with van der Waals surface area (Å²) in [5.41, 5.74) is 3.52. The van der Waals surface area contributed by atoms with Gasteiger partial charge < -0.3 is 5.32 Å². The quantitative estimate of drug-likeness (QED) is 0.690. The first-order valence-corrected chi connectivity index (χ1v) is 9.48. The number of benzene rings is 2. The average molecular weight is 388 g/mol. The van der Waals surface area contributed by atoms with E-state index in [1.54, 1.807) is 28.6 Å². The number of hydrogen-bond acceptors (Lipinski definition) is 3. The third-order valence-electron chi connectivity index (χ3n) is 4.25. The number of hydrogen-bond donors (Lipinski definition) is 1. The zero-order chi connectivity index (χ0) is 18.3. The molecule has 4 nitrogen and oxygen atoms in total. The van der Waals surface area contributed by atoms with Crippen LogP contribution in [0.1, 0.15) is 22.1 Å². The number of nitrogens with one attached hydrogen (secondary N) is 1. The maximum absolute atomic E-state index is 13.3. The Morgan fingerprint density at radius 2 is 1.88 bits per heavy atom. The molecule has 1 aliphatic heterocycles. The Morgan fingerprint density at radius 1 is 1.19 bits per heavy atom. The number of aromatic nitrogens is 2. The molecule has 0 radical (unpaired) electrons. The number of carbonyl (C=O) groups is 1. The van der Waals surface area contributed by atoms with Crippen LogP contribution in [0.3, 0.4) is 0 Å². The summed E-state index contributed by atoms with van der Waals surface area (Å²) >= 11 is 7.56. The lowest BCUT2D eigenvalue weighted by Crippen LogP contribution is -2.15. The predicted molar refractivity (Wildman–Crippen MR) is 103 cm³/mol. The van der Waals surface area contributed by atoms with Crippen LogP contribution in [0.4, 0.5) is 10.2 Å². The van der Waals surface area contributed by atoms with Gasteiger partial charge in [0.25, 0.3) is 0 Å². The van der Waals surface area contributed by atoms with Crippen molar-refractivity contribution in [3.63, 3.8) is 0 Å². The highest BCUT2D eigenvalue weighted by Crippen LogP contribution is 2.43. The zero-order valence-corrected chi connectivity index (χ0v) is 15.4. The molecule has 1 N–H and O–H groups in total. The first kappa shape index (κ1) is 17.1. The zero-order valence-electron chi connectivity index (χ0n) is 13.9. The smallest absolute Gasteiger partial charge is 0.235 e. The topological polar surface area (TPSA) is 46.9 Å². The number of nitrogens with zero attached hydrogens (tertiary/aromatic N) is 2. The van der Waals surface area contributed by atoms with Gasteiger partial charge in [0, 0.05) is 10.6 Å². The van der Waals surface area contributed by atoms with Crippen molar-refractivity contribution >= 4 is 35.1 Å². The second-order valence-electron chi connectivity index (χ2n) is 6.03. The molecule has 0 saturated carbocycles. The van der Waals surface area contributed by atoms with E-state index in [0.29, 0.717) is 22.3 Å². The Kier molecular flexibility index (Phi) is 4.46. The van der Waals surface area contributed by atoms with Crippen LogP contribution < -0.4 is 5.32 Å². The van der Waals surface area contributed by atoms with Crippen LogP contribution in [-0.4, -0.2) is 21.4 Å². The molecule has 0 aliphatic carbocycles. The normalized spacial score (nSPS) is 16.7. The van der Waals surface area contributed by atoms with Crippen LogP contribution in [0.25, 0.3) is 5.69 Å². The van der Waals surface area contributed by atoms with Crippen molar-refractivity contribution in [2.24, 2.45) is 0 Å². The number of anilines is 1. The summed E-state index contributed by atoms with van der Waals surface area (Å²) in [6, 6.07) is 13.7. The summed E-state index contributed by atoms with van der Waals surface area (Å²) in [4.78, 5) is 12.3. The van der Waals surface area contributed by atoms with Gasteiger partial charge in [0.05, 0.1) is 22.4 Å². The Hall–Kier alpha value is -2.31. The largest absolute Gasteiger partial charge is 0.310 e. The predicted octanol–water partition coefficient (Wildman–Crippen LogP) is 4.75. The molecule has 0 saturated heterocycles. The Morgan fingerprint density at radius 3 is 2.58 bits per heavy atom. The van der Waals surface area contributed by atoms with Crippen LogP contribution >= 0.6 is 23.4 Å². The van der Waals surface area contributed by atoms with Crippen molar-refractivity contribution in [3.05, 3.63) is 76.2 Å². The lowest BCUT2D eigenvalue weighted by atomic mass is 10.0. The highest BCUT2D eigenvalue weighted by atomic mass is 35.5. The van der Waals surface area contributed by atoms with Crippen LogP contribution in [0.15, 0.2) is 48.5 Å². The van der Waals surface area contributed by atoms with E-state index in [1.165, 1.54) is 12.1 Å². The number of aryl methyl sites for hydroxylation is 1. The third-order valence-corrected chi connectivity index (χ3v) is 5.77. The second-order valence-corrected chi connectivity index (χ2v) is 7.56. The van der Waals surface area contributed by atoms with Crippen LogP contribution in [-0.2, 0) is 4.79 Å². The molecule has 7 heteroatoms. The fourth-order valence-corrected chi connectivity index (χ4v) is 4.37. The fraction of sp³-hybridized carbons (Fsp3) is 0.158. The van der Waals surface area contributed by atoms with E-state index in [-0.39, 0.29) is 17.0 Å². The van der Waals surface area contributed by atoms with Crippen molar-refractivity contribution in [1.29, 1.82) is 0 Å². The number of carbonyl (C=O) groups excluding carboxylic acids is 1. The third kappa shape index (κ3) is 3.10. The van der Waals surface area contributed by atoms with E-state index in [4.69, 9.17) is 11.6 Å². The van der Waals surface area contributed by atoms with Crippen molar-refractivity contribution in [2.75, 3.05) is 11.1 Å². The molecule has 0 fully saturated rings. The minimum Gasteiger partial charge on any atom is -0.310 e. The van der Waals surface area contributed by atoms with Crippen LogP contribution in [0, 0.1) is 12.7 Å². The summed E-state index contributed by atoms with van der Waals surface area (Å²) in [5.74, 6) is 0.563. The van der Waals surface area contributed by atoms with Crippen LogP contribution in [0.2, 0.25) is 5.02 Å². The van der Waals surface area contributed by atoms with E-state index in [1.807, 2.05) is 31.2 Å². The first-order valence-electron chi connectivity index (χ1n) is 8.05. The van der Waals surface area contributed by atoms with Gasteiger partial charge in [-0.2, -0.15) is 5.10 Å². The van der Waals surface area contributed by atoms with Gasteiger partial charge in [-0.15, -0.1) is 11.8 Å². The number of fused-ring (bicyclic) bond motifs is 1. The lowest BCUT2D eigenvalue weighted by molar-refractivity contribution is -0.113. The molecular weight excluding hydrogens is 373 g/mol. The Balaban J connectivity index is 1.87. The fourth-order valence-electron chi connectivity index (χ4n) is 3.05. The molecule has 132 valence electrons. The number of halogens is 2. The molecule has 1 aliphatic rings. The summed E-state index contributed by atoms with van der Waals surface area (Å²) < 4.78 is 14.9. The Labute approximate surface area is 159 Å². The van der Waals surface area contributed by atoms with Gasteiger partial charge in [-0.1, -0.05) is 23.7 Å². The van der Waals surface area contributed by atoms with E-state index in [0.717, 1.165) is 16.8 Å². The van der Waals surface area contributed by atoms with Gasteiger partial charge in [0.15, 0.2) is 0 Å². The van der Waals surface area contributed by atoms with Crippen LogP contribution in [0.5, 0.6) is 0 Å².